The van der Waals surface area contributed by atoms with Crippen molar-refractivity contribution in [1.29, 1.82) is 0 Å². The lowest BCUT2D eigenvalue weighted by molar-refractivity contribution is 0.0995. The molecule has 0 saturated carbocycles. The van der Waals surface area contributed by atoms with Gasteiger partial charge in [-0.05, 0) is 41.1 Å². The number of hydrogen-bond acceptors (Lipinski definition) is 4. The molecule has 0 saturated heterocycles. The summed E-state index contributed by atoms with van der Waals surface area (Å²) in [5.74, 6) is 0.929. The lowest BCUT2D eigenvalue weighted by Gasteiger charge is -2.08. The van der Waals surface area contributed by atoms with E-state index in [2.05, 4.69) is 11.6 Å². The second kappa shape index (κ2) is 7.93. The number of carbonyl (C=O) groups excluding carboxylic acids is 1. The smallest absolute Gasteiger partial charge is 0.283 e. The van der Waals surface area contributed by atoms with E-state index < -0.39 is 0 Å². The number of rotatable bonds is 5. The van der Waals surface area contributed by atoms with E-state index in [0.29, 0.717) is 22.7 Å². The number of carbonyl (C=O) groups is 1. The molecule has 5 nitrogen and oxygen atoms in total. The first-order valence-electron chi connectivity index (χ1n) is 9.08. The molecule has 0 N–H and O–H groups in total. The Morgan fingerprint density at radius 3 is 2.55 bits per heavy atom. The van der Waals surface area contributed by atoms with Gasteiger partial charge < -0.3 is 14.0 Å². The summed E-state index contributed by atoms with van der Waals surface area (Å²) in [6, 6.07) is 17.4. The van der Waals surface area contributed by atoms with Gasteiger partial charge in [0.05, 0.1) is 30.0 Å². The van der Waals surface area contributed by atoms with Crippen LogP contribution in [-0.2, 0) is 6.54 Å². The zero-order valence-corrected chi connectivity index (χ0v) is 17.0. The predicted molar refractivity (Wildman–Crippen MR) is 117 cm³/mol. The molecule has 3 aromatic carbocycles. The van der Waals surface area contributed by atoms with Crippen LogP contribution in [0.5, 0.6) is 11.5 Å². The Morgan fingerprint density at radius 1 is 1.10 bits per heavy atom. The fraction of sp³-hybridized carbons (Fsp3) is 0.130. The molecule has 146 valence electrons. The number of methoxy groups -OCH3 is 2. The van der Waals surface area contributed by atoms with Gasteiger partial charge in [0.2, 0.25) is 0 Å². The first-order chi connectivity index (χ1) is 14.1. The van der Waals surface area contributed by atoms with E-state index in [1.165, 1.54) is 11.3 Å². The van der Waals surface area contributed by atoms with Crippen molar-refractivity contribution in [3.63, 3.8) is 0 Å². The summed E-state index contributed by atoms with van der Waals surface area (Å²) in [5.41, 5.74) is 1.42. The molecular formula is C23H20N2O3S. The quantitative estimate of drug-likeness (QED) is 0.449. The summed E-state index contributed by atoms with van der Waals surface area (Å²) in [6.45, 7) is 4.38. The highest BCUT2D eigenvalue weighted by atomic mass is 32.1. The van der Waals surface area contributed by atoms with Gasteiger partial charge in [0, 0.05) is 6.54 Å². The molecule has 1 aromatic heterocycles. The summed E-state index contributed by atoms with van der Waals surface area (Å²) in [7, 11) is 3.19. The van der Waals surface area contributed by atoms with E-state index in [1.807, 2.05) is 59.2 Å². The number of amides is 1. The van der Waals surface area contributed by atoms with Gasteiger partial charge in [0.25, 0.3) is 5.91 Å². The number of allylic oxidation sites excluding steroid dienone is 1. The fourth-order valence-corrected chi connectivity index (χ4v) is 4.34. The second-order valence-electron chi connectivity index (χ2n) is 6.43. The molecule has 6 heteroatoms. The number of thiazole rings is 1. The van der Waals surface area contributed by atoms with E-state index in [9.17, 15) is 4.79 Å². The Hall–Kier alpha value is -3.38. The van der Waals surface area contributed by atoms with Crippen molar-refractivity contribution in [2.24, 2.45) is 4.99 Å². The minimum atomic E-state index is -0.344. The number of benzene rings is 3. The van der Waals surface area contributed by atoms with Crippen LogP contribution in [0.25, 0.3) is 21.0 Å². The SMILES string of the molecule is C=CCn1c(=NC(=O)c2cc3ccccc3cc2OC)sc2cc(OC)ccc21. The summed E-state index contributed by atoms with van der Waals surface area (Å²) < 4.78 is 13.7. The Labute approximate surface area is 172 Å². The molecule has 4 aromatic rings. The minimum Gasteiger partial charge on any atom is -0.497 e. The molecular weight excluding hydrogens is 384 g/mol. The third-order valence-electron chi connectivity index (χ3n) is 4.70. The van der Waals surface area contributed by atoms with Crippen LogP contribution in [0.15, 0.2) is 72.2 Å². The second-order valence-corrected chi connectivity index (χ2v) is 7.44. The van der Waals surface area contributed by atoms with Crippen LogP contribution in [0.4, 0.5) is 0 Å². The van der Waals surface area contributed by atoms with E-state index in [0.717, 1.165) is 26.7 Å². The largest absolute Gasteiger partial charge is 0.497 e. The lowest BCUT2D eigenvalue weighted by atomic mass is 10.1. The van der Waals surface area contributed by atoms with Gasteiger partial charge in [-0.15, -0.1) is 6.58 Å². The molecule has 0 unspecified atom stereocenters. The highest BCUT2D eigenvalue weighted by molar-refractivity contribution is 7.16. The molecule has 0 spiro atoms. The first kappa shape index (κ1) is 19.0. The fourth-order valence-electron chi connectivity index (χ4n) is 3.27. The minimum absolute atomic E-state index is 0.344. The van der Waals surface area contributed by atoms with Gasteiger partial charge in [-0.1, -0.05) is 41.7 Å². The van der Waals surface area contributed by atoms with Crippen molar-refractivity contribution in [2.45, 2.75) is 6.54 Å². The molecule has 4 rings (SSSR count). The van der Waals surface area contributed by atoms with E-state index in [-0.39, 0.29) is 5.91 Å². The number of fused-ring (bicyclic) bond motifs is 2. The van der Waals surface area contributed by atoms with E-state index in [4.69, 9.17) is 9.47 Å². The first-order valence-corrected chi connectivity index (χ1v) is 9.90. The molecule has 0 aliphatic heterocycles. The zero-order chi connectivity index (χ0) is 20.4. The molecule has 0 radical (unpaired) electrons. The highest BCUT2D eigenvalue weighted by Crippen LogP contribution is 2.27. The summed E-state index contributed by atoms with van der Waals surface area (Å²) >= 11 is 1.44. The normalized spacial score (nSPS) is 11.7. The predicted octanol–water partition coefficient (Wildman–Crippen LogP) is 4.80. The number of nitrogens with zero attached hydrogens (tertiary/aromatic N) is 2. The van der Waals surface area contributed by atoms with Crippen molar-refractivity contribution >= 4 is 38.2 Å². The standard InChI is InChI=1S/C23H20N2O3S/c1-4-11-25-19-10-9-17(27-2)14-21(19)29-23(25)24-22(26)18-12-15-7-5-6-8-16(15)13-20(18)28-3/h4-10,12-14H,1,11H2,2-3H3. The third-order valence-corrected chi connectivity index (χ3v) is 5.74. The van der Waals surface area contributed by atoms with Crippen molar-refractivity contribution < 1.29 is 14.3 Å². The Kier molecular flexibility index (Phi) is 5.18. The molecule has 0 aliphatic rings. The van der Waals surface area contributed by atoms with Crippen LogP contribution in [-0.4, -0.2) is 24.7 Å². The molecule has 1 amide bonds. The number of ether oxygens (including phenoxy) is 2. The van der Waals surface area contributed by atoms with E-state index in [1.54, 1.807) is 20.3 Å². The van der Waals surface area contributed by atoms with Crippen molar-refractivity contribution in [3.8, 4) is 11.5 Å². The zero-order valence-electron chi connectivity index (χ0n) is 16.2. The van der Waals surface area contributed by atoms with Crippen LogP contribution >= 0.6 is 11.3 Å². The van der Waals surface area contributed by atoms with Gasteiger partial charge in [0.15, 0.2) is 4.80 Å². The van der Waals surface area contributed by atoms with Crippen LogP contribution in [0.3, 0.4) is 0 Å². The average Bonchev–Trinajstić information content (AvgIpc) is 3.09. The monoisotopic (exact) mass is 404 g/mol. The Morgan fingerprint density at radius 2 is 1.86 bits per heavy atom. The van der Waals surface area contributed by atoms with Crippen LogP contribution in [0.1, 0.15) is 10.4 Å². The maximum absolute atomic E-state index is 13.1. The molecule has 0 atom stereocenters. The van der Waals surface area contributed by atoms with Crippen molar-refractivity contribution in [1.82, 2.24) is 4.57 Å². The number of aromatic nitrogens is 1. The molecule has 1 heterocycles. The maximum Gasteiger partial charge on any atom is 0.283 e. The van der Waals surface area contributed by atoms with Gasteiger partial charge in [-0.3, -0.25) is 4.79 Å². The van der Waals surface area contributed by atoms with Crippen LogP contribution in [0, 0.1) is 0 Å². The highest BCUT2D eigenvalue weighted by Gasteiger charge is 2.15. The summed E-state index contributed by atoms with van der Waals surface area (Å²) in [6.07, 6.45) is 1.79. The van der Waals surface area contributed by atoms with Gasteiger partial charge in [0.1, 0.15) is 11.5 Å². The third kappa shape index (κ3) is 3.54. The van der Waals surface area contributed by atoms with Crippen LogP contribution in [0.2, 0.25) is 0 Å². The Bertz CT molecular complexity index is 1300. The van der Waals surface area contributed by atoms with Gasteiger partial charge in [-0.2, -0.15) is 4.99 Å². The molecule has 29 heavy (non-hydrogen) atoms. The van der Waals surface area contributed by atoms with Gasteiger partial charge in [-0.25, -0.2) is 0 Å². The maximum atomic E-state index is 13.1. The molecule has 0 aliphatic carbocycles. The molecule has 0 fully saturated rings. The Balaban J connectivity index is 1.88. The van der Waals surface area contributed by atoms with Gasteiger partial charge >= 0.3 is 0 Å². The van der Waals surface area contributed by atoms with Crippen LogP contribution < -0.4 is 14.3 Å². The van der Waals surface area contributed by atoms with Crippen molar-refractivity contribution in [2.75, 3.05) is 14.2 Å². The topological polar surface area (TPSA) is 52.8 Å². The number of hydrogen-bond donors (Lipinski definition) is 0. The lowest BCUT2D eigenvalue weighted by Crippen LogP contribution is -2.16. The van der Waals surface area contributed by atoms with Crippen molar-refractivity contribution in [3.05, 3.63) is 77.6 Å². The molecule has 0 bridgehead atoms. The summed E-state index contributed by atoms with van der Waals surface area (Å²) in [4.78, 5) is 18.1. The average molecular weight is 404 g/mol. The summed E-state index contributed by atoms with van der Waals surface area (Å²) in [5, 5.41) is 1.98. The van der Waals surface area contributed by atoms with E-state index >= 15 is 0 Å².